The van der Waals surface area contributed by atoms with Gasteiger partial charge in [0.25, 0.3) is 0 Å². The highest BCUT2D eigenvalue weighted by Gasteiger charge is 2.08. The number of hydrogen-bond donors (Lipinski definition) is 2. The number of aromatic nitrogens is 1. The molecule has 0 spiro atoms. The normalized spacial score (nSPS) is 11.3. The third-order valence-electron chi connectivity index (χ3n) is 4.09. The average molecular weight is 359 g/mol. The Hall–Kier alpha value is -1.85. The lowest BCUT2D eigenvalue weighted by Gasteiger charge is -2.06. The second-order valence-electron chi connectivity index (χ2n) is 5.94. The maximum atomic E-state index is 8.70. The lowest BCUT2D eigenvalue weighted by molar-refractivity contribution is 0.0938. The zero-order valence-corrected chi connectivity index (χ0v) is 14.9. The molecule has 0 aliphatic rings. The number of nitrogens with zero attached hydrogens (tertiary/aromatic N) is 1. The molecule has 0 bridgehead atoms. The molecule has 1 aromatic heterocycles. The van der Waals surface area contributed by atoms with Crippen LogP contribution in [0.1, 0.15) is 11.1 Å². The summed E-state index contributed by atoms with van der Waals surface area (Å²) in [6.45, 7) is 3.39. The van der Waals surface area contributed by atoms with E-state index in [0.717, 1.165) is 24.7 Å². The van der Waals surface area contributed by atoms with Crippen LogP contribution < -0.4 is 5.32 Å². The van der Waals surface area contributed by atoms with Gasteiger partial charge in [-0.2, -0.15) is 0 Å². The molecule has 1 heterocycles. The van der Waals surface area contributed by atoms with Gasteiger partial charge in [0.05, 0.1) is 19.8 Å². The number of fused-ring (bicyclic) bond motifs is 1. The second kappa shape index (κ2) is 9.02. The van der Waals surface area contributed by atoms with Crippen LogP contribution in [0.3, 0.4) is 0 Å². The highest BCUT2D eigenvalue weighted by atomic mass is 35.5. The molecule has 25 heavy (non-hydrogen) atoms. The molecule has 132 valence electrons. The molecule has 0 amide bonds. The first-order chi connectivity index (χ1) is 12.3. The lowest BCUT2D eigenvalue weighted by Crippen LogP contribution is -2.19. The van der Waals surface area contributed by atoms with Crippen LogP contribution in [0.4, 0.5) is 0 Å². The van der Waals surface area contributed by atoms with E-state index in [2.05, 4.69) is 46.4 Å². The summed E-state index contributed by atoms with van der Waals surface area (Å²) >= 11 is 6.11. The molecule has 4 nitrogen and oxygen atoms in total. The van der Waals surface area contributed by atoms with Crippen molar-refractivity contribution < 1.29 is 9.84 Å². The van der Waals surface area contributed by atoms with Crippen molar-refractivity contribution in [3.05, 3.63) is 70.9 Å². The van der Waals surface area contributed by atoms with Crippen LogP contribution in [-0.4, -0.2) is 36.0 Å². The lowest BCUT2D eigenvalue weighted by atomic mass is 10.2. The average Bonchev–Trinajstić information content (AvgIpc) is 2.96. The van der Waals surface area contributed by atoms with Gasteiger partial charge in [-0.05, 0) is 29.3 Å². The number of aliphatic hydroxyl groups is 1. The summed E-state index contributed by atoms with van der Waals surface area (Å²) < 4.78 is 7.54. The predicted octanol–water partition coefficient (Wildman–Crippen LogP) is 3.44. The first kappa shape index (κ1) is 18.0. The number of aliphatic hydroxyl groups excluding tert-OH is 1. The highest BCUT2D eigenvalue weighted by Crippen LogP contribution is 2.23. The Morgan fingerprint density at radius 1 is 1.08 bits per heavy atom. The molecule has 0 aliphatic carbocycles. The smallest absolute Gasteiger partial charge is 0.0698 e. The van der Waals surface area contributed by atoms with Gasteiger partial charge in [-0.15, -0.1) is 0 Å². The summed E-state index contributed by atoms with van der Waals surface area (Å²) in [5.74, 6) is 0. The van der Waals surface area contributed by atoms with E-state index in [-0.39, 0.29) is 6.61 Å². The van der Waals surface area contributed by atoms with Crippen LogP contribution in [0.2, 0.25) is 5.02 Å². The van der Waals surface area contributed by atoms with Gasteiger partial charge in [0.15, 0.2) is 0 Å². The van der Waals surface area contributed by atoms with E-state index in [9.17, 15) is 0 Å². The van der Waals surface area contributed by atoms with Crippen molar-refractivity contribution in [1.82, 2.24) is 9.88 Å². The van der Waals surface area contributed by atoms with Gasteiger partial charge in [0.1, 0.15) is 0 Å². The summed E-state index contributed by atoms with van der Waals surface area (Å²) in [7, 11) is 0. The van der Waals surface area contributed by atoms with Gasteiger partial charge in [0.2, 0.25) is 0 Å². The van der Waals surface area contributed by atoms with E-state index in [1.54, 1.807) is 0 Å². The monoisotopic (exact) mass is 358 g/mol. The maximum Gasteiger partial charge on any atom is 0.0698 e. The first-order valence-corrected chi connectivity index (χ1v) is 8.86. The Kier molecular flexibility index (Phi) is 6.48. The molecule has 0 aliphatic heterocycles. The van der Waals surface area contributed by atoms with E-state index in [4.69, 9.17) is 21.4 Å². The van der Waals surface area contributed by atoms with E-state index in [1.165, 1.54) is 22.0 Å². The third kappa shape index (κ3) is 4.83. The van der Waals surface area contributed by atoms with Crippen LogP contribution in [0.25, 0.3) is 10.9 Å². The van der Waals surface area contributed by atoms with Crippen LogP contribution in [-0.2, 0) is 17.8 Å². The maximum absolute atomic E-state index is 8.70. The molecule has 3 aromatic rings. The summed E-state index contributed by atoms with van der Waals surface area (Å²) in [6.07, 6.45) is 2.20. The number of nitrogens with one attached hydrogen (secondary N) is 1. The molecule has 0 saturated carbocycles. The minimum atomic E-state index is 0.0665. The fourth-order valence-corrected chi connectivity index (χ4v) is 3.17. The van der Waals surface area contributed by atoms with Crippen LogP contribution in [0.15, 0.2) is 54.7 Å². The first-order valence-electron chi connectivity index (χ1n) is 8.48. The Morgan fingerprint density at radius 3 is 2.80 bits per heavy atom. The third-order valence-corrected chi connectivity index (χ3v) is 4.32. The van der Waals surface area contributed by atoms with E-state index in [0.29, 0.717) is 13.2 Å². The Morgan fingerprint density at radius 2 is 1.96 bits per heavy atom. The van der Waals surface area contributed by atoms with Crippen molar-refractivity contribution in [1.29, 1.82) is 0 Å². The number of halogens is 1. The van der Waals surface area contributed by atoms with Gasteiger partial charge in [-0.3, -0.25) is 0 Å². The van der Waals surface area contributed by atoms with E-state index < -0.39 is 0 Å². The number of rotatable bonds is 9. The van der Waals surface area contributed by atoms with Crippen LogP contribution in [0.5, 0.6) is 0 Å². The second-order valence-corrected chi connectivity index (χ2v) is 6.38. The SMILES string of the molecule is OCCOCCNCc1cn(Cc2cccc(Cl)c2)c2ccccc12. The van der Waals surface area contributed by atoms with Crippen molar-refractivity contribution in [2.45, 2.75) is 13.1 Å². The van der Waals surface area contributed by atoms with Gasteiger partial charge in [-0.25, -0.2) is 0 Å². The van der Waals surface area contributed by atoms with Crippen molar-refractivity contribution >= 4 is 22.5 Å². The number of ether oxygens (including phenoxy) is 1. The van der Waals surface area contributed by atoms with Crippen molar-refractivity contribution in [3.8, 4) is 0 Å². The molecule has 5 heteroatoms. The van der Waals surface area contributed by atoms with Crippen molar-refractivity contribution in [2.75, 3.05) is 26.4 Å². The quantitative estimate of drug-likeness (QED) is 0.576. The van der Waals surface area contributed by atoms with Gasteiger partial charge in [-0.1, -0.05) is 41.9 Å². The molecule has 3 rings (SSSR count). The van der Waals surface area contributed by atoms with Crippen molar-refractivity contribution in [2.24, 2.45) is 0 Å². The highest BCUT2D eigenvalue weighted by molar-refractivity contribution is 6.30. The van der Waals surface area contributed by atoms with Crippen molar-refractivity contribution in [3.63, 3.8) is 0 Å². The Labute approximate surface area is 153 Å². The summed E-state index contributed by atoms with van der Waals surface area (Å²) in [5.41, 5.74) is 3.67. The molecular weight excluding hydrogens is 336 g/mol. The fraction of sp³-hybridized carbons (Fsp3) is 0.300. The minimum Gasteiger partial charge on any atom is -0.394 e. The summed E-state index contributed by atoms with van der Waals surface area (Å²) in [6, 6.07) is 16.4. The molecule has 0 unspecified atom stereocenters. The molecular formula is C20H23ClN2O2. The number of para-hydroxylation sites is 1. The minimum absolute atomic E-state index is 0.0665. The topological polar surface area (TPSA) is 46.4 Å². The molecule has 0 fully saturated rings. The molecule has 0 radical (unpaired) electrons. The van der Waals surface area contributed by atoms with Gasteiger partial charge < -0.3 is 19.7 Å². The molecule has 0 saturated heterocycles. The zero-order chi connectivity index (χ0) is 17.5. The molecule has 2 aromatic carbocycles. The van der Waals surface area contributed by atoms with Gasteiger partial charge in [0, 0.05) is 41.8 Å². The Balaban J connectivity index is 1.71. The zero-order valence-electron chi connectivity index (χ0n) is 14.1. The molecule has 0 atom stereocenters. The largest absolute Gasteiger partial charge is 0.394 e. The summed E-state index contributed by atoms with van der Waals surface area (Å²) in [4.78, 5) is 0. The fourth-order valence-electron chi connectivity index (χ4n) is 2.96. The van der Waals surface area contributed by atoms with Crippen LogP contribution >= 0.6 is 11.6 Å². The summed E-state index contributed by atoms with van der Waals surface area (Å²) in [5, 5.41) is 14.1. The number of hydrogen-bond acceptors (Lipinski definition) is 3. The Bertz CT molecular complexity index is 816. The van der Waals surface area contributed by atoms with E-state index >= 15 is 0 Å². The van der Waals surface area contributed by atoms with Gasteiger partial charge >= 0.3 is 0 Å². The predicted molar refractivity (Wildman–Crippen MR) is 102 cm³/mol. The number of benzene rings is 2. The molecule has 2 N–H and O–H groups in total. The van der Waals surface area contributed by atoms with Crippen LogP contribution in [0, 0.1) is 0 Å². The van der Waals surface area contributed by atoms with E-state index in [1.807, 2.05) is 18.2 Å². The standard InChI is InChI=1S/C20H23ClN2O2/c21-18-5-3-4-16(12-18)14-23-15-17(13-22-8-10-25-11-9-24)19-6-1-2-7-20(19)23/h1-7,12,15,22,24H,8-11,13-14H2.